The second-order valence-electron chi connectivity index (χ2n) is 8.78. The van der Waals surface area contributed by atoms with Crippen molar-refractivity contribution in [1.29, 1.82) is 0 Å². The standard InChI is InChI=1S/C28H31N3O4/c29-31-30-26-25(32)16-24(20-33-17-21-10-4-1-5-11-21)27(34-18-22-12-6-2-7-13-22)28(26)35-19-23-14-8-3-9-15-23/h1-15,24-28,32H,16-20H2/t24?,25-,26?,27-,28?/m1/s1. The van der Waals surface area contributed by atoms with Crippen LogP contribution >= 0.6 is 0 Å². The van der Waals surface area contributed by atoms with Crippen molar-refractivity contribution in [2.75, 3.05) is 6.61 Å². The van der Waals surface area contributed by atoms with Crippen molar-refractivity contribution < 1.29 is 19.3 Å². The Balaban J connectivity index is 1.52. The Hall–Kier alpha value is -3.19. The van der Waals surface area contributed by atoms with Gasteiger partial charge < -0.3 is 19.3 Å². The zero-order valence-electron chi connectivity index (χ0n) is 19.6. The molecule has 0 spiro atoms. The highest BCUT2D eigenvalue weighted by Crippen LogP contribution is 2.34. The lowest BCUT2D eigenvalue weighted by molar-refractivity contribution is -0.169. The summed E-state index contributed by atoms with van der Waals surface area (Å²) in [5.41, 5.74) is 12.3. The normalized spacial score (nSPS) is 24.0. The predicted molar refractivity (Wildman–Crippen MR) is 133 cm³/mol. The van der Waals surface area contributed by atoms with Crippen molar-refractivity contribution in [1.82, 2.24) is 0 Å². The third kappa shape index (κ3) is 7.15. The van der Waals surface area contributed by atoms with E-state index >= 15 is 0 Å². The molecular formula is C28H31N3O4. The van der Waals surface area contributed by atoms with Gasteiger partial charge in [-0.2, -0.15) is 0 Å². The van der Waals surface area contributed by atoms with Crippen LogP contribution in [0.3, 0.4) is 0 Å². The van der Waals surface area contributed by atoms with Crippen molar-refractivity contribution >= 4 is 0 Å². The van der Waals surface area contributed by atoms with E-state index in [1.165, 1.54) is 0 Å². The van der Waals surface area contributed by atoms with Crippen molar-refractivity contribution in [2.45, 2.75) is 50.6 Å². The smallest absolute Gasteiger partial charge is 0.0954 e. The summed E-state index contributed by atoms with van der Waals surface area (Å²) in [5.74, 6) is -0.136. The maximum absolute atomic E-state index is 10.9. The Kier molecular flexibility index (Phi) is 9.29. The molecule has 182 valence electrons. The van der Waals surface area contributed by atoms with Gasteiger partial charge in [-0.25, -0.2) is 0 Å². The molecule has 3 aromatic rings. The fourth-order valence-electron chi connectivity index (χ4n) is 4.49. The SMILES string of the molecule is [N-]=[N+]=NC1C(OCc2ccccc2)[C@H](OCc2ccccc2)C(COCc2ccccc2)C[C@H]1O. The first-order chi connectivity index (χ1) is 17.2. The molecule has 1 N–H and O–H groups in total. The molecule has 0 heterocycles. The van der Waals surface area contributed by atoms with Gasteiger partial charge in [-0.15, -0.1) is 0 Å². The number of aliphatic hydroxyl groups excluding tert-OH is 1. The Morgan fingerprint density at radius 3 is 1.74 bits per heavy atom. The summed E-state index contributed by atoms with van der Waals surface area (Å²) in [6.45, 7) is 1.55. The van der Waals surface area contributed by atoms with Crippen molar-refractivity contribution in [2.24, 2.45) is 11.0 Å². The first-order valence-corrected chi connectivity index (χ1v) is 11.9. The molecule has 0 radical (unpaired) electrons. The van der Waals surface area contributed by atoms with Crippen LogP contribution < -0.4 is 0 Å². The Morgan fingerprint density at radius 1 is 0.743 bits per heavy atom. The molecule has 0 amide bonds. The van der Waals surface area contributed by atoms with E-state index in [9.17, 15) is 10.6 Å². The number of benzene rings is 3. The van der Waals surface area contributed by atoms with Gasteiger partial charge in [0.25, 0.3) is 0 Å². The second kappa shape index (κ2) is 13.0. The fourth-order valence-corrected chi connectivity index (χ4v) is 4.49. The van der Waals surface area contributed by atoms with Gasteiger partial charge in [-0.3, -0.25) is 0 Å². The third-order valence-corrected chi connectivity index (χ3v) is 6.26. The van der Waals surface area contributed by atoms with E-state index in [1.807, 2.05) is 91.0 Å². The molecule has 0 aromatic heterocycles. The Labute approximate surface area is 205 Å². The van der Waals surface area contributed by atoms with Crippen LogP contribution in [-0.4, -0.2) is 36.1 Å². The number of azide groups is 1. The highest BCUT2D eigenvalue weighted by Gasteiger charge is 2.45. The average molecular weight is 474 g/mol. The zero-order chi connectivity index (χ0) is 24.3. The second-order valence-corrected chi connectivity index (χ2v) is 8.78. The van der Waals surface area contributed by atoms with Crippen LogP contribution in [0.25, 0.3) is 10.4 Å². The Morgan fingerprint density at radius 2 is 1.23 bits per heavy atom. The van der Waals surface area contributed by atoms with E-state index in [2.05, 4.69) is 10.0 Å². The van der Waals surface area contributed by atoms with Crippen LogP contribution in [-0.2, 0) is 34.0 Å². The van der Waals surface area contributed by atoms with Gasteiger partial charge in [0.2, 0.25) is 0 Å². The molecule has 3 aromatic carbocycles. The monoisotopic (exact) mass is 473 g/mol. The summed E-state index contributed by atoms with van der Waals surface area (Å²) in [4.78, 5) is 2.99. The summed E-state index contributed by atoms with van der Waals surface area (Å²) < 4.78 is 18.8. The summed E-state index contributed by atoms with van der Waals surface area (Å²) in [7, 11) is 0. The quantitative estimate of drug-likeness (QED) is 0.228. The van der Waals surface area contributed by atoms with Crippen LogP contribution in [0.1, 0.15) is 23.1 Å². The first kappa shape index (κ1) is 24.9. The number of ether oxygens (including phenoxy) is 3. The number of rotatable bonds is 11. The molecule has 3 unspecified atom stereocenters. The van der Waals surface area contributed by atoms with E-state index < -0.39 is 24.4 Å². The molecule has 1 aliphatic carbocycles. The van der Waals surface area contributed by atoms with Gasteiger partial charge in [0, 0.05) is 10.8 Å². The molecule has 1 aliphatic rings. The van der Waals surface area contributed by atoms with Crippen LogP contribution in [0, 0.1) is 5.92 Å². The van der Waals surface area contributed by atoms with Crippen LogP contribution in [0.5, 0.6) is 0 Å². The molecule has 35 heavy (non-hydrogen) atoms. The molecule has 4 rings (SSSR count). The van der Waals surface area contributed by atoms with Crippen molar-refractivity contribution in [3.05, 3.63) is 118 Å². The number of aliphatic hydroxyl groups is 1. The molecular weight excluding hydrogens is 442 g/mol. The van der Waals surface area contributed by atoms with Crippen LogP contribution in [0.2, 0.25) is 0 Å². The van der Waals surface area contributed by atoms with Crippen LogP contribution in [0.4, 0.5) is 0 Å². The Bertz CT molecular complexity index is 1060. The molecule has 7 heteroatoms. The van der Waals surface area contributed by atoms with E-state index in [1.54, 1.807) is 0 Å². The lowest BCUT2D eigenvalue weighted by atomic mass is 9.79. The summed E-state index contributed by atoms with van der Waals surface area (Å²) >= 11 is 0. The maximum Gasteiger partial charge on any atom is 0.0954 e. The zero-order valence-corrected chi connectivity index (χ0v) is 19.6. The number of nitrogens with zero attached hydrogens (tertiary/aromatic N) is 3. The van der Waals surface area contributed by atoms with Crippen molar-refractivity contribution in [3.8, 4) is 0 Å². The molecule has 1 fully saturated rings. The summed E-state index contributed by atoms with van der Waals surface area (Å²) in [6.07, 6.45) is -1.51. The van der Waals surface area contributed by atoms with Gasteiger partial charge in [-0.1, -0.05) is 96.1 Å². The minimum atomic E-state index is -0.853. The lowest BCUT2D eigenvalue weighted by Gasteiger charge is -2.43. The van der Waals surface area contributed by atoms with E-state index in [-0.39, 0.29) is 5.92 Å². The molecule has 0 saturated heterocycles. The number of hydrogen-bond donors (Lipinski definition) is 1. The predicted octanol–water partition coefficient (Wildman–Crippen LogP) is 5.43. The third-order valence-electron chi connectivity index (χ3n) is 6.26. The van der Waals surface area contributed by atoms with E-state index in [0.29, 0.717) is 32.8 Å². The van der Waals surface area contributed by atoms with Gasteiger partial charge in [0.15, 0.2) is 0 Å². The number of hydrogen-bond acceptors (Lipinski definition) is 5. The minimum absolute atomic E-state index is 0.136. The summed E-state index contributed by atoms with van der Waals surface area (Å²) in [5, 5.41) is 14.8. The van der Waals surface area contributed by atoms with Gasteiger partial charge in [-0.05, 0) is 28.6 Å². The lowest BCUT2D eigenvalue weighted by Crippen LogP contribution is -2.55. The molecule has 5 atom stereocenters. The topological polar surface area (TPSA) is 96.7 Å². The highest BCUT2D eigenvalue weighted by atomic mass is 16.5. The summed E-state index contributed by atoms with van der Waals surface area (Å²) in [6, 6.07) is 28.9. The molecule has 7 nitrogen and oxygen atoms in total. The highest BCUT2D eigenvalue weighted by molar-refractivity contribution is 5.15. The first-order valence-electron chi connectivity index (χ1n) is 11.9. The van der Waals surface area contributed by atoms with Gasteiger partial charge in [0.05, 0.1) is 50.8 Å². The molecule has 0 bridgehead atoms. The van der Waals surface area contributed by atoms with Crippen LogP contribution in [0.15, 0.2) is 96.1 Å². The molecule has 1 saturated carbocycles. The van der Waals surface area contributed by atoms with E-state index in [0.717, 1.165) is 16.7 Å². The maximum atomic E-state index is 10.9. The minimum Gasteiger partial charge on any atom is -0.393 e. The van der Waals surface area contributed by atoms with E-state index in [4.69, 9.17) is 14.2 Å². The molecule has 0 aliphatic heterocycles. The largest absolute Gasteiger partial charge is 0.393 e. The fraction of sp³-hybridized carbons (Fsp3) is 0.357. The van der Waals surface area contributed by atoms with Gasteiger partial charge in [0.1, 0.15) is 0 Å². The van der Waals surface area contributed by atoms with Crippen molar-refractivity contribution in [3.63, 3.8) is 0 Å². The average Bonchev–Trinajstić information content (AvgIpc) is 2.90. The van der Waals surface area contributed by atoms with Gasteiger partial charge >= 0.3 is 0 Å².